The van der Waals surface area contributed by atoms with Crippen LogP contribution >= 0.6 is 0 Å². The molecule has 2 aromatic rings. The lowest BCUT2D eigenvalue weighted by Gasteiger charge is -2.36. The van der Waals surface area contributed by atoms with Crippen LogP contribution in [0.3, 0.4) is 0 Å². The number of hydrogen-bond donors (Lipinski definition) is 0. The van der Waals surface area contributed by atoms with Gasteiger partial charge >= 0.3 is 0 Å². The van der Waals surface area contributed by atoms with Crippen molar-refractivity contribution in [3.05, 3.63) is 46.5 Å². The molecule has 0 aromatic heterocycles. The van der Waals surface area contributed by atoms with E-state index in [1.54, 1.807) is 38.4 Å². The van der Waals surface area contributed by atoms with Crippen molar-refractivity contribution in [2.75, 3.05) is 14.1 Å². The summed E-state index contributed by atoms with van der Waals surface area (Å²) in [6.07, 6.45) is 3.22. The van der Waals surface area contributed by atoms with Crippen molar-refractivity contribution in [3.8, 4) is 0 Å². The fraction of sp³-hybridized carbons (Fsp3) is 0.391. The molecule has 0 spiro atoms. The fourth-order valence-electron chi connectivity index (χ4n) is 4.64. The zero-order chi connectivity index (χ0) is 21.7. The van der Waals surface area contributed by atoms with Gasteiger partial charge in [0.15, 0.2) is 0 Å². The van der Waals surface area contributed by atoms with Crippen LogP contribution in [-0.2, 0) is 0 Å². The molecule has 4 rings (SSSR count). The first-order valence-electron chi connectivity index (χ1n) is 10.4. The Morgan fingerprint density at radius 3 is 1.40 bits per heavy atom. The lowest BCUT2D eigenvalue weighted by molar-refractivity contribution is 0.0182. The molecule has 0 atom stereocenters. The molecule has 2 aliphatic rings. The number of rotatable bonds is 6. The maximum Gasteiger partial charge on any atom is 0.276 e. The summed E-state index contributed by atoms with van der Waals surface area (Å²) in [5.74, 6) is -1.62. The van der Waals surface area contributed by atoms with Crippen LogP contribution in [0.2, 0.25) is 0 Å². The number of carbonyl (C=O) groups is 4. The average Bonchev–Trinajstić information content (AvgIpc) is 2.70. The minimum absolute atomic E-state index is 0.164. The normalized spacial score (nSPS) is 15.9. The van der Waals surface area contributed by atoms with Crippen LogP contribution in [-0.4, -0.2) is 58.7 Å². The van der Waals surface area contributed by atoms with E-state index in [-0.39, 0.29) is 17.9 Å². The molecule has 2 aromatic carbocycles. The zero-order valence-corrected chi connectivity index (χ0v) is 17.7. The number of amides is 4. The highest BCUT2D eigenvalue weighted by molar-refractivity contribution is 6.33. The zero-order valence-electron chi connectivity index (χ0n) is 17.7. The third-order valence-electron chi connectivity index (χ3n) is 5.91. The van der Waals surface area contributed by atoms with Gasteiger partial charge in [-0.15, -0.1) is 0 Å². The minimum atomic E-state index is -0.460. The average molecular weight is 407 g/mol. The molecule has 0 aliphatic carbocycles. The lowest BCUT2D eigenvalue weighted by atomic mass is 9.85. The van der Waals surface area contributed by atoms with Gasteiger partial charge in [0.1, 0.15) is 0 Å². The molecule has 0 fully saturated rings. The van der Waals surface area contributed by atoms with Crippen LogP contribution in [0, 0.1) is 0 Å². The van der Waals surface area contributed by atoms with Crippen LogP contribution in [0.4, 0.5) is 0 Å². The summed E-state index contributed by atoms with van der Waals surface area (Å²) in [5, 5.41) is 3.33. The standard InChI is InChI=1S/C23H25N3O4/c1-5-7-13(8-6-2)25-20(27)14-9-11-16-19-17(12-10-15(18(14)19)21(25)28)23(30)26(22(16)29)24(3)4/h9-13H,5-8H2,1-4H3. The van der Waals surface area contributed by atoms with E-state index in [2.05, 4.69) is 0 Å². The van der Waals surface area contributed by atoms with Crippen molar-refractivity contribution >= 4 is 34.4 Å². The predicted molar refractivity (Wildman–Crippen MR) is 112 cm³/mol. The van der Waals surface area contributed by atoms with E-state index in [0.29, 0.717) is 33.0 Å². The van der Waals surface area contributed by atoms with Gasteiger partial charge in [-0.2, -0.15) is 0 Å². The summed E-state index contributed by atoms with van der Waals surface area (Å²) in [6.45, 7) is 4.07. The van der Waals surface area contributed by atoms with E-state index < -0.39 is 11.8 Å². The predicted octanol–water partition coefficient (Wildman–Crippen LogP) is 3.48. The Labute approximate surface area is 175 Å². The molecule has 0 radical (unpaired) electrons. The first-order chi connectivity index (χ1) is 14.3. The topological polar surface area (TPSA) is 78.0 Å². The highest BCUT2D eigenvalue weighted by Crippen LogP contribution is 2.39. The minimum Gasteiger partial charge on any atom is -0.271 e. The van der Waals surface area contributed by atoms with E-state index >= 15 is 0 Å². The third-order valence-corrected chi connectivity index (χ3v) is 5.91. The Hall–Kier alpha value is -3.06. The summed E-state index contributed by atoms with van der Waals surface area (Å²) < 4.78 is 0. The number of imide groups is 2. The molecule has 156 valence electrons. The molecular weight excluding hydrogens is 382 g/mol. The highest BCUT2D eigenvalue weighted by atomic mass is 16.2. The summed E-state index contributed by atoms with van der Waals surface area (Å²) in [7, 11) is 3.24. The van der Waals surface area contributed by atoms with Crippen LogP contribution in [0.5, 0.6) is 0 Å². The van der Waals surface area contributed by atoms with Crippen LogP contribution < -0.4 is 0 Å². The number of benzene rings is 2. The van der Waals surface area contributed by atoms with Crippen LogP contribution in [0.25, 0.3) is 10.8 Å². The lowest BCUT2D eigenvalue weighted by Crippen LogP contribution is -2.49. The summed E-state index contributed by atoms with van der Waals surface area (Å²) in [4.78, 5) is 54.1. The van der Waals surface area contributed by atoms with Crippen molar-refractivity contribution in [3.63, 3.8) is 0 Å². The number of carbonyl (C=O) groups excluding carboxylic acids is 4. The number of nitrogens with zero attached hydrogens (tertiary/aromatic N) is 3. The molecule has 4 amide bonds. The summed E-state index contributed by atoms with van der Waals surface area (Å²) in [5.41, 5.74) is 1.40. The second-order valence-corrected chi connectivity index (χ2v) is 8.05. The largest absolute Gasteiger partial charge is 0.276 e. The van der Waals surface area contributed by atoms with Crippen LogP contribution in [0.15, 0.2) is 24.3 Å². The van der Waals surface area contributed by atoms with E-state index in [1.807, 2.05) is 13.8 Å². The van der Waals surface area contributed by atoms with Gasteiger partial charge in [0.25, 0.3) is 23.6 Å². The van der Waals surface area contributed by atoms with Gasteiger partial charge in [-0.1, -0.05) is 26.7 Å². The molecule has 0 saturated carbocycles. The number of hydrazine groups is 1. The van der Waals surface area contributed by atoms with Crippen LogP contribution in [0.1, 0.15) is 81.0 Å². The Morgan fingerprint density at radius 1 is 0.700 bits per heavy atom. The molecule has 7 nitrogen and oxygen atoms in total. The smallest absolute Gasteiger partial charge is 0.271 e. The molecule has 0 bridgehead atoms. The molecule has 30 heavy (non-hydrogen) atoms. The Bertz CT molecular complexity index is 1030. The molecule has 0 unspecified atom stereocenters. The van der Waals surface area contributed by atoms with Gasteiger partial charge in [-0.05, 0) is 37.1 Å². The molecule has 7 heteroatoms. The van der Waals surface area contributed by atoms with E-state index in [1.165, 1.54) is 9.91 Å². The highest BCUT2D eigenvalue weighted by Gasteiger charge is 2.41. The van der Waals surface area contributed by atoms with E-state index in [4.69, 9.17) is 0 Å². The second-order valence-electron chi connectivity index (χ2n) is 8.05. The van der Waals surface area contributed by atoms with Crippen molar-refractivity contribution in [2.45, 2.75) is 45.6 Å². The van der Waals surface area contributed by atoms with Gasteiger partial charge in [0, 0.05) is 42.0 Å². The Balaban J connectivity index is 1.95. The van der Waals surface area contributed by atoms with Gasteiger partial charge in [-0.3, -0.25) is 24.1 Å². The first-order valence-corrected chi connectivity index (χ1v) is 10.4. The molecule has 2 heterocycles. The van der Waals surface area contributed by atoms with Gasteiger partial charge in [-0.25, -0.2) is 10.0 Å². The SMILES string of the molecule is CCCC(CCC)N1C(=O)c2ccc3c4c(ccc(c24)C1=O)C(=O)N(N(C)C)C3=O. The summed E-state index contributed by atoms with van der Waals surface area (Å²) >= 11 is 0. The molecule has 0 N–H and O–H groups in total. The fourth-order valence-corrected chi connectivity index (χ4v) is 4.64. The Kier molecular flexibility index (Phi) is 4.94. The van der Waals surface area contributed by atoms with Crippen molar-refractivity contribution in [1.29, 1.82) is 0 Å². The Morgan fingerprint density at radius 2 is 1.07 bits per heavy atom. The van der Waals surface area contributed by atoms with E-state index in [9.17, 15) is 19.2 Å². The van der Waals surface area contributed by atoms with Crippen molar-refractivity contribution in [1.82, 2.24) is 14.9 Å². The third kappa shape index (κ3) is 2.69. The van der Waals surface area contributed by atoms with Gasteiger partial charge < -0.3 is 0 Å². The molecule has 2 aliphatic heterocycles. The summed E-state index contributed by atoms with van der Waals surface area (Å²) in [6, 6.07) is 6.25. The second kappa shape index (κ2) is 7.32. The quantitative estimate of drug-likeness (QED) is 0.685. The van der Waals surface area contributed by atoms with Gasteiger partial charge in [0.2, 0.25) is 0 Å². The first kappa shape index (κ1) is 20.2. The number of hydrogen-bond acceptors (Lipinski definition) is 5. The maximum atomic E-state index is 13.4. The van der Waals surface area contributed by atoms with Gasteiger partial charge in [0.05, 0.1) is 11.1 Å². The monoisotopic (exact) mass is 407 g/mol. The van der Waals surface area contributed by atoms with Crippen molar-refractivity contribution in [2.24, 2.45) is 0 Å². The van der Waals surface area contributed by atoms with Crippen molar-refractivity contribution < 1.29 is 19.2 Å². The van der Waals surface area contributed by atoms with E-state index in [0.717, 1.165) is 30.7 Å². The molecule has 0 saturated heterocycles. The maximum absolute atomic E-state index is 13.4. The molecular formula is C23H25N3O4.